The van der Waals surface area contributed by atoms with Gasteiger partial charge in [-0.3, -0.25) is 4.98 Å². The molecule has 132 valence electrons. The molecule has 2 N–H and O–H groups in total. The fourth-order valence-corrected chi connectivity index (χ4v) is 3.08. The van der Waals surface area contributed by atoms with Crippen molar-refractivity contribution in [2.75, 3.05) is 30.9 Å². The van der Waals surface area contributed by atoms with Gasteiger partial charge in [-0.05, 0) is 30.3 Å². The number of hydrogen-bond acceptors (Lipinski definition) is 6. The van der Waals surface area contributed by atoms with E-state index >= 15 is 0 Å². The minimum absolute atomic E-state index is 0.735. The van der Waals surface area contributed by atoms with Crippen LogP contribution < -0.4 is 15.5 Å². The molecule has 1 aromatic carbocycles. The summed E-state index contributed by atoms with van der Waals surface area (Å²) in [4.78, 5) is 15.8. The molecule has 0 spiro atoms. The SMILES string of the molecule is CN(C)c1cccc(Nc2nc(-c3ccncc3)nc3c2CNCC3)c1. The highest BCUT2D eigenvalue weighted by Crippen LogP contribution is 2.28. The Morgan fingerprint density at radius 1 is 1.08 bits per heavy atom. The van der Waals surface area contributed by atoms with Gasteiger partial charge in [0.15, 0.2) is 5.82 Å². The van der Waals surface area contributed by atoms with Gasteiger partial charge in [-0.1, -0.05) is 6.07 Å². The molecule has 3 aromatic rings. The topological polar surface area (TPSA) is 66.0 Å². The van der Waals surface area contributed by atoms with Gasteiger partial charge < -0.3 is 15.5 Å². The second-order valence-electron chi connectivity index (χ2n) is 6.55. The van der Waals surface area contributed by atoms with E-state index in [0.29, 0.717) is 0 Å². The van der Waals surface area contributed by atoms with E-state index in [1.807, 2.05) is 32.3 Å². The van der Waals surface area contributed by atoms with Gasteiger partial charge in [0.2, 0.25) is 0 Å². The number of nitrogens with zero attached hydrogens (tertiary/aromatic N) is 4. The molecule has 0 radical (unpaired) electrons. The third-order valence-electron chi connectivity index (χ3n) is 4.50. The zero-order valence-corrected chi connectivity index (χ0v) is 15.0. The van der Waals surface area contributed by atoms with Crippen molar-refractivity contribution in [2.45, 2.75) is 13.0 Å². The summed E-state index contributed by atoms with van der Waals surface area (Å²) in [5.41, 5.74) is 5.39. The highest BCUT2D eigenvalue weighted by atomic mass is 15.1. The second kappa shape index (κ2) is 7.09. The molecule has 1 aliphatic rings. The minimum Gasteiger partial charge on any atom is -0.378 e. The number of benzene rings is 1. The third kappa shape index (κ3) is 3.36. The van der Waals surface area contributed by atoms with Crippen LogP contribution in [0.25, 0.3) is 11.4 Å². The van der Waals surface area contributed by atoms with Crippen molar-refractivity contribution in [3.63, 3.8) is 0 Å². The van der Waals surface area contributed by atoms with E-state index in [0.717, 1.165) is 59.3 Å². The average Bonchev–Trinajstić information content (AvgIpc) is 2.69. The number of rotatable bonds is 4. The van der Waals surface area contributed by atoms with Crippen LogP contribution in [-0.4, -0.2) is 35.6 Å². The normalized spacial score (nSPS) is 13.2. The molecule has 0 amide bonds. The Kier molecular flexibility index (Phi) is 4.50. The maximum atomic E-state index is 4.82. The van der Waals surface area contributed by atoms with E-state index in [1.54, 1.807) is 12.4 Å². The molecule has 6 heteroatoms. The average molecular weight is 346 g/mol. The molecule has 0 atom stereocenters. The van der Waals surface area contributed by atoms with E-state index in [1.165, 1.54) is 0 Å². The Labute approximate surface area is 153 Å². The fraction of sp³-hybridized carbons (Fsp3) is 0.250. The second-order valence-corrected chi connectivity index (χ2v) is 6.55. The number of pyridine rings is 1. The first-order valence-corrected chi connectivity index (χ1v) is 8.76. The summed E-state index contributed by atoms with van der Waals surface area (Å²) in [6.07, 6.45) is 4.45. The Balaban J connectivity index is 1.76. The maximum Gasteiger partial charge on any atom is 0.161 e. The molecule has 0 unspecified atom stereocenters. The smallest absolute Gasteiger partial charge is 0.161 e. The molecule has 2 aromatic heterocycles. The molecule has 6 nitrogen and oxygen atoms in total. The standard InChI is InChI=1S/C20H22N6/c1-26(2)16-5-3-4-15(12-16)23-20-17-13-22-11-8-18(17)24-19(25-20)14-6-9-21-10-7-14/h3-7,9-10,12,22H,8,11,13H2,1-2H3,(H,23,24,25). The number of aromatic nitrogens is 3. The lowest BCUT2D eigenvalue weighted by atomic mass is 10.1. The molecule has 0 bridgehead atoms. The zero-order valence-electron chi connectivity index (χ0n) is 15.0. The molecular weight excluding hydrogens is 324 g/mol. The van der Waals surface area contributed by atoms with E-state index in [4.69, 9.17) is 9.97 Å². The first kappa shape index (κ1) is 16.5. The van der Waals surface area contributed by atoms with Crippen LogP contribution >= 0.6 is 0 Å². The largest absolute Gasteiger partial charge is 0.378 e. The van der Waals surface area contributed by atoms with Crippen LogP contribution in [0.2, 0.25) is 0 Å². The van der Waals surface area contributed by atoms with Gasteiger partial charge in [-0.15, -0.1) is 0 Å². The van der Waals surface area contributed by atoms with Crippen molar-refractivity contribution < 1.29 is 0 Å². The molecule has 3 heterocycles. The number of anilines is 3. The van der Waals surface area contributed by atoms with Crippen molar-refractivity contribution in [1.29, 1.82) is 0 Å². The van der Waals surface area contributed by atoms with Crippen LogP contribution in [0.5, 0.6) is 0 Å². The van der Waals surface area contributed by atoms with Gasteiger partial charge in [0.1, 0.15) is 5.82 Å². The number of fused-ring (bicyclic) bond motifs is 1. The lowest BCUT2D eigenvalue weighted by Crippen LogP contribution is -2.26. The summed E-state index contributed by atoms with van der Waals surface area (Å²) in [5, 5.41) is 6.92. The lowest BCUT2D eigenvalue weighted by molar-refractivity contribution is 0.628. The predicted octanol–water partition coefficient (Wildman–Crippen LogP) is 2.99. The molecule has 0 fully saturated rings. The van der Waals surface area contributed by atoms with Crippen LogP contribution in [0.1, 0.15) is 11.3 Å². The summed E-state index contributed by atoms with van der Waals surface area (Å²) in [6.45, 7) is 1.72. The first-order valence-electron chi connectivity index (χ1n) is 8.76. The van der Waals surface area contributed by atoms with Gasteiger partial charge in [-0.25, -0.2) is 9.97 Å². The van der Waals surface area contributed by atoms with Gasteiger partial charge in [-0.2, -0.15) is 0 Å². The predicted molar refractivity (Wildman–Crippen MR) is 105 cm³/mol. The van der Waals surface area contributed by atoms with E-state index < -0.39 is 0 Å². The molecule has 4 rings (SSSR count). The Bertz CT molecular complexity index is 907. The molecule has 0 aliphatic carbocycles. The molecule has 26 heavy (non-hydrogen) atoms. The van der Waals surface area contributed by atoms with Crippen molar-refractivity contribution >= 4 is 17.2 Å². The summed E-state index contributed by atoms with van der Waals surface area (Å²) >= 11 is 0. The Hall–Kier alpha value is -2.99. The van der Waals surface area contributed by atoms with Crippen molar-refractivity contribution in [3.8, 4) is 11.4 Å². The molecule has 0 saturated heterocycles. The highest BCUT2D eigenvalue weighted by Gasteiger charge is 2.18. The number of nitrogens with one attached hydrogen (secondary N) is 2. The Morgan fingerprint density at radius 3 is 2.73 bits per heavy atom. The van der Waals surface area contributed by atoms with Crippen LogP contribution in [-0.2, 0) is 13.0 Å². The van der Waals surface area contributed by atoms with Crippen LogP contribution in [0.3, 0.4) is 0 Å². The summed E-state index contributed by atoms with van der Waals surface area (Å²) in [5.74, 6) is 1.60. The van der Waals surface area contributed by atoms with Crippen LogP contribution in [0.15, 0.2) is 48.8 Å². The monoisotopic (exact) mass is 346 g/mol. The van der Waals surface area contributed by atoms with E-state index in [9.17, 15) is 0 Å². The molecule has 1 aliphatic heterocycles. The molecular formula is C20H22N6. The first-order chi connectivity index (χ1) is 12.7. The summed E-state index contributed by atoms with van der Waals surface area (Å²) < 4.78 is 0. The third-order valence-corrected chi connectivity index (χ3v) is 4.50. The van der Waals surface area contributed by atoms with Gasteiger partial charge in [0.25, 0.3) is 0 Å². The maximum absolute atomic E-state index is 4.82. The summed E-state index contributed by atoms with van der Waals surface area (Å²) in [6, 6.07) is 12.2. The van der Waals surface area contributed by atoms with Crippen molar-refractivity contribution in [2.24, 2.45) is 0 Å². The number of hydrogen-bond donors (Lipinski definition) is 2. The summed E-state index contributed by atoms with van der Waals surface area (Å²) in [7, 11) is 4.08. The lowest BCUT2D eigenvalue weighted by Gasteiger charge is -2.21. The van der Waals surface area contributed by atoms with Crippen molar-refractivity contribution in [1.82, 2.24) is 20.3 Å². The van der Waals surface area contributed by atoms with Crippen molar-refractivity contribution in [3.05, 3.63) is 60.0 Å². The van der Waals surface area contributed by atoms with E-state index in [2.05, 4.69) is 38.7 Å². The van der Waals surface area contributed by atoms with Gasteiger partial charge in [0.05, 0.1) is 5.69 Å². The zero-order chi connectivity index (χ0) is 17.9. The Morgan fingerprint density at radius 2 is 1.92 bits per heavy atom. The van der Waals surface area contributed by atoms with E-state index in [-0.39, 0.29) is 0 Å². The fourth-order valence-electron chi connectivity index (χ4n) is 3.08. The molecule has 0 saturated carbocycles. The van der Waals surface area contributed by atoms with Gasteiger partial charge in [0, 0.05) is 68.5 Å². The minimum atomic E-state index is 0.735. The quantitative estimate of drug-likeness (QED) is 0.757. The van der Waals surface area contributed by atoms with Crippen LogP contribution in [0, 0.1) is 0 Å². The van der Waals surface area contributed by atoms with Gasteiger partial charge >= 0.3 is 0 Å². The highest BCUT2D eigenvalue weighted by molar-refractivity contribution is 5.67. The van der Waals surface area contributed by atoms with Crippen LogP contribution in [0.4, 0.5) is 17.2 Å².